The molecule has 0 aromatic heterocycles. The van der Waals surface area contributed by atoms with E-state index in [-0.39, 0.29) is 9.56 Å². The lowest BCUT2D eigenvalue weighted by Crippen LogP contribution is -1.94. The Balaban J connectivity index is 3.57. The molecule has 0 bridgehead atoms. The summed E-state index contributed by atoms with van der Waals surface area (Å²) in [5.74, 6) is -0.0926. The number of thiocarbonyl (C=S) groups is 1. The van der Waals surface area contributed by atoms with E-state index in [0.717, 1.165) is 0 Å². The van der Waals surface area contributed by atoms with Crippen molar-refractivity contribution in [2.75, 3.05) is 0 Å². The molecule has 1 nitrogen and oxygen atoms in total. The number of hydrogen-bond donors (Lipinski definition) is 0. The van der Waals surface area contributed by atoms with E-state index in [1.807, 2.05) is 0 Å². The minimum Gasteiger partial charge on any atom is -0.293 e. The Morgan fingerprint density at radius 1 is 1.83 bits per heavy atom. The van der Waals surface area contributed by atoms with Gasteiger partial charge in [0.25, 0.3) is 0 Å². The predicted octanol–water partition coefficient (Wildman–Crippen LogP) is 1.30. The first-order valence-electron chi connectivity index (χ1n) is 1.35. The number of hydrogen-bond acceptors (Lipinski definition) is 2. The van der Waals surface area contributed by atoms with Crippen LogP contribution in [0, 0.1) is 0 Å². The molecule has 0 aliphatic carbocycles. The third-order valence-corrected chi connectivity index (χ3v) is 1.12. The highest BCUT2D eigenvalue weighted by Crippen LogP contribution is 1.87. The molecule has 0 rings (SSSR count). The van der Waals surface area contributed by atoms with Crippen LogP contribution in [0.4, 0.5) is 0 Å². The van der Waals surface area contributed by atoms with Crippen molar-refractivity contribution >= 4 is 37.7 Å². The summed E-state index contributed by atoms with van der Waals surface area (Å²) in [6.07, 6.45) is 0. The van der Waals surface area contributed by atoms with Crippen LogP contribution in [0.2, 0.25) is 0 Å². The summed E-state index contributed by atoms with van der Waals surface area (Å²) < 4.78 is 0.266. The van der Waals surface area contributed by atoms with Crippen molar-refractivity contribution in [2.24, 2.45) is 0 Å². The fraction of sp³-hybridized carbons (Fsp3) is 0.333. The first-order chi connectivity index (χ1) is 2.64. The molecule has 0 aliphatic rings. The normalized spacial score (nSPS) is 7.67. The summed E-state index contributed by atoms with van der Waals surface area (Å²) in [4.78, 5) is 9.96. The number of carbonyl (C=O) groups excluding carboxylic acids is 1. The fourth-order valence-corrected chi connectivity index (χ4v) is 0. The summed E-state index contributed by atoms with van der Waals surface area (Å²) in [6.45, 7) is 1.41. The summed E-state index contributed by atoms with van der Waals surface area (Å²) in [5, 5.41) is 0. The Bertz CT molecular complexity index is 76.8. The van der Waals surface area contributed by atoms with Crippen LogP contribution in [-0.4, -0.2) is 9.56 Å². The smallest absolute Gasteiger partial charge is 0.177 e. The summed E-state index contributed by atoms with van der Waals surface area (Å²) in [5.41, 5.74) is 0. The number of Topliss-reactive ketones (excluding diaryl/α,β-unsaturated/α-hetero) is 1. The van der Waals surface area contributed by atoms with Crippen LogP contribution in [0.3, 0.4) is 0 Å². The molecule has 0 unspecified atom stereocenters. The molecule has 6 heavy (non-hydrogen) atoms. The number of halogens is 1. The van der Waals surface area contributed by atoms with Gasteiger partial charge in [-0.2, -0.15) is 0 Å². The van der Waals surface area contributed by atoms with Gasteiger partial charge in [0.1, 0.15) is 3.77 Å². The van der Waals surface area contributed by atoms with E-state index in [4.69, 9.17) is 0 Å². The standard InChI is InChI=1S/C3H3BrOS/c1-2(5)3(4)6/h1H3. The van der Waals surface area contributed by atoms with Gasteiger partial charge in [0.2, 0.25) is 0 Å². The Kier molecular flexibility index (Phi) is 2.52. The van der Waals surface area contributed by atoms with Crippen LogP contribution in [0.5, 0.6) is 0 Å². The topological polar surface area (TPSA) is 17.1 Å². The van der Waals surface area contributed by atoms with Crippen LogP contribution in [0.1, 0.15) is 6.92 Å². The van der Waals surface area contributed by atoms with Crippen molar-refractivity contribution in [3.8, 4) is 0 Å². The molecule has 0 heterocycles. The fourth-order valence-electron chi connectivity index (χ4n) is 0. The molecular weight excluding hydrogens is 164 g/mol. The van der Waals surface area contributed by atoms with E-state index in [9.17, 15) is 4.79 Å². The van der Waals surface area contributed by atoms with Gasteiger partial charge in [-0.1, -0.05) is 12.2 Å². The van der Waals surface area contributed by atoms with Gasteiger partial charge in [-0.15, -0.1) is 0 Å². The third kappa shape index (κ3) is 2.48. The van der Waals surface area contributed by atoms with E-state index in [1.165, 1.54) is 6.92 Å². The quantitative estimate of drug-likeness (QED) is 0.432. The van der Waals surface area contributed by atoms with Gasteiger partial charge in [0, 0.05) is 6.92 Å². The van der Waals surface area contributed by atoms with Gasteiger partial charge >= 0.3 is 0 Å². The Morgan fingerprint density at radius 2 is 2.00 bits per heavy atom. The SMILES string of the molecule is CC(=O)C(=S)Br. The Labute approximate surface area is 49.9 Å². The molecule has 0 saturated heterocycles. The Hall–Kier alpha value is 0.240. The average molecular weight is 167 g/mol. The molecule has 0 N–H and O–H groups in total. The highest BCUT2D eigenvalue weighted by atomic mass is 79.9. The number of rotatable bonds is 1. The van der Waals surface area contributed by atoms with Crippen molar-refractivity contribution in [2.45, 2.75) is 6.92 Å². The molecular formula is C3H3BrOS. The van der Waals surface area contributed by atoms with Gasteiger partial charge in [-0.3, -0.25) is 4.79 Å². The zero-order valence-electron chi connectivity index (χ0n) is 3.19. The van der Waals surface area contributed by atoms with Gasteiger partial charge in [0.05, 0.1) is 0 Å². The lowest BCUT2D eigenvalue weighted by Gasteiger charge is -1.75. The number of ketones is 1. The molecule has 0 aromatic rings. The second kappa shape index (κ2) is 2.42. The molecule has 0 amide bonds. The van der Waals surface area contributed by atoms with Crippen LogP contribution >= 0.6 is 28.1 Å². The Morgan fingerprint density at radius 3 is 2.00 bits per heavy atom. The minimum atomic E-state index is -0.0926. The largest absolute Gasteiger partial charge is 0.293 e. The molecule has 0 aromatic carbocycles. The van der Waals surface area contributed by atoms with E-state index >= 15 is 0 Å². The monoisotopic (exact) mass is 166 g/mol. The summed E-state index contributed by atoms with van der Waals surface area (Å²) >= 11 is 7.21. The van der Waals surface area contributed by atoms with Crippen LogP contribution in [0.15, 0.2) is 0 Å². The molecule has 0 radical (unpaired) electrons. The lowest BCUT2D eigenvalue weighted by atomic mass is 10.5. The van der Waals surface area contributed by atoms with E-state index in [1.54, 1.807) is 0 Å². The lowest BCUT2D eigenvalue weighted by molar-refractivity contribution is -0.110. The minimum absolute atomic E-state index is 0.0926. The zero-order chi connectivity index (χ0) is 5.15. The van der Waals surface area contributed by atoms with E-state index in [0.29, 0.717) is 0 Å². The molecule has 3 heteroatoms. The van der Waals surface area contributed by atoms with Crippen LogP contribution in [0.25, 0.3) is 0 Å². The third-order valence-electron chi connectivity index (χ3n) is 0.277. The molecule has 0 saturated carbocycles. The second-order valence-corrected chi connectivity index (χ2v) is 2.56. The van der Waals surface area contributed by atoms with E-state index < -0.39 is 0 Å². The van der Waals surface area contributed by atoms with Crippen LogP contribution in [-0.2, 0) is 4.79 Å². The summed E-state index contributed by atoms with van der Waals surface area (Å²) in [7, 11) is 0. The zero-order valence-corrected chi connectivity index (χ0v) is 5.60. The molecule has 0 fully saturated rings. The second-order valence-electron chi connectivity index (χ2n) is 0.830. The summed E-state index contributed by atoms with van der Waals surface area (Å²) in [6, 6.07) is 0. The highest BCUT2D eigenvalue weighted by molar-refractivity contribution is 9.20. The van der Waals surface area contributed by atoms with Crippen molar-refractivity contribution in [1.82, 2.24) is 0 Å². The van der Waals surface area contributed by atoms with Crippen molar-refractivity contribution in [1.29, 1.82) is 0 Å². The van der Waals surface area contributed by atoms with Gasteiger partial charge in [-0.25, -0.2) is 0 Å². The molecule has 0 aliphatic heterocycles. The first-order valence-corrected chi connectivity index (χ1v) is 2.55. The molecule has 0 spiro atoms. The predicted molar refractivity (Wildman–Crippen MR) is 32.2 cm³/mol. The van der Waals surface area contributed by atoms with Gasteiger partial charge < -0.3 is 0 Å². The van der Waals surface area contributed by atoms with E-state index in [2.05, 4.69) is 28.1 Å². The molecule has 34 valence electrons. The van der Waals surface area contributed by atoms with Crippen molar-refractivity contribution in [3.63, 3.8) is 0 Å². The highest BCUT2D eigenvalue weighted by Gasteiger charge is 1.91. The first kappa shape index (κ1) is 6.24. The van der Waals surface area contributed by atoms with Gasteiger partial charge in [-0.05, 0) is 15.9 Å². The maximum Gasteiger partial charge on any atom is 0.177 e. The van der Waals surface area contributed by atoms with Crippen molar-refractivity contribution in [3.05, 3.63) is 0 Å². The average Bonchev–Trinajstić information content (AvgIpc) is 1.36. The number of carbonyl (C=O) groups is 1. The molecule has 0 atom stereocenters. The maximum atomic E-state index is 9.96. The van der Waals surface area contributed by atoms with Crippen molar-refractivity contribution < 1.29 is 4.79 Å². The van der Waals surface area contributed by atoms with Crippen LogP contribution < -0.4 is 0 Å². The maximum absolute atomic E-state index is 9.96. The van der Waals surface area contributed by atoms with Gasteiger partial charge in [0.15, 0.2) is 5.78 Å².